The van der Waals surface area contributed by atoms with Crippen LogP contribution in [-0.2, 0) is 28.7 Å². The van der Waals surface area contributed by atoms with Crippen LogP contribution >= 0.6 is 0 Å². The Morgan fingerprint density at radius 3 is 1.23 bits per heavy atom. The van der Waals surface area contributed by atoms with E-state index in [-0.39, 0.29) is 61.8 Å². The van der Waals surface area contributed by atoms with Gasteiger partial charge in [-0.1, -0.05) is 0 Å². The predicted octanol–water partition coefficient (Wildman–Crippen LogP) is 5.98. The van der Waals surface area contributed by atoms with Crippen molar-refractivity contribution in [2.24, 2.45) is 11.8 Å². The first-order valence-corrected chi connectivity index (χ1v) is 15.4. The second kappa shape index (κ2) is 16.7. The van der Waals surface area contributed by atoms with Crippen LogP contribution in [0.1, 0.15) is 77.0 Å². The van der Waals surface area contributed by atoms with E-state index < -0.39 is 0 Å². The Balaban J connectivity index is 1.15. The fraction of sp³-hybridized carbons (Fsp3) is 0.529. The Morgan fingerprint density at radius 2 is 0.864 bits per heavy atom. The van der Waals surface area contributed by atoms with Gasteiger partial charge in [-0.2, -0.15) is 0 Å². The molecule has 0 saturated heterocycles. The molecule has 2 aromatic rings. The Bertz CT molecular complexity index is 1140. The molecule has 0 N–H and O–H groups in total. The van der Waals surface area contributed by atoms with E-state index in [1.54, 1.807) is 24.3 Å². The zero-order chi connectivity index (χ0) is 31.3. The molecule has 0 bridgehead atoms. The van der Waals surface area contributed by atoms with E-state index in [1.807, 2.05) is 24.3 Å². The van der Waals surface area contributed by atoms with E-state index in [4.69, 9.17) is 18.9 Å². The van der Waals surface area contributed by atoms with Gasteiger partial charge in [0.2, 0.25) is 0 Å². The van der Waals surface area contributed by atoms with E-state index in [2.05, 4.69) is 9.47 Å². The zero-order valence-electron chi connectivity index (χ0n) is 25.5. The number of ether oxygens (including phenoxy) is 6. The maximum Gasteiger partial charge on any atom is 0.311 e. The summed E-state index contributed by atoms with van der Waals surface area (Å²) >= 11 is 0. The molecule has 2 aliphatic rings. The van der Waals surface area contributed by atoms with Crippen molar-refractivity contribution < 1.29 is 47.6 Å². The van der Waals surface area contributed by atoms with Gasteiger partial charge in [0.25, 0.3) is 0 Å². The molecule has 2 fully saturated rings. The number of carbonyl (C=O) groups excluding carboxylic acids is 4. The average molecular weight is 611 g/mol. The van der Waals surface area contributed by atoms with Gasteiger partial charge in [0, 0.05) is 25.7 Å². The van der Waals surface area contributed by atoms with Gasteiger partial charge in [-0.15, -0.1) is 0 Å². The first-order valence-electron chi connectivity index (χ1n) is 15.4. The van der Waals surface area contributed by atoms with Crippen molar-refractivity contribution in [2.75, 3.05) is 14.2 Å². The minimum atomic E-state index is -0.386. The Labute approximate surface area is 258 Å². The van der Waals surface area contributed by atoms with Gasteiger partial charge in [-0.25, -0.2) is 0 Å². The SMILES string of the molecule is COC(=O)CCCC(=O)Oc1ccc(OC2CCC3CC(Oc4ccc(OC(=O)CCCC(=O)OC)cc4)CCC3C2)cc1. The molecule has 238 valence electrons. The van der Waals surface area contributed by atoms with Crippen LogP contribution < -0.4 is 18.9 Å². The molecule has 2 saturated carbocycles. The topological polar surface area (TPSA) is 124 Å². The minimum Gasteiger partial charge on any atom is -0.490 e. The summed E-state index contributed by atoms with van der Waals surface area (Å²) in [6, 6.07) is 14.2. The van der Waals surface area contributed by atoms with Gasteiger partial charge in [-0.05, 0) is 112 Å². The van der Waals surface area contributed by atoms with Crippen LogP contribution in [0.4, 0.5) is 0 Å². The fourth-order valence-electron chi connectivity index (χ4n) is 5.90. The van der Waals surface area contributed by atoms with Crippen LogP contribution in [0.2, 0.25) is 0 Å². The molecule has 44 heavy (non-hydrogen) atoms. The number of hydrogen-bond donors (Lipinski definition) is 0. The maximum absolute atomic E-state index is 12.0. The molecule has 0 aliphatic heterocycles. The summed E-state index contributed by atoms with van der Waals surface area (Å²) in [7, 11) is 2.65. The zero-order valence-corrected chi connectivity index (χ0v) is 25.5. The van der Waals surface area contributed by atoms with Gasteiger partial charge in [-0.3, -0.25) is 19.2 Å². The van der Waals surface area contributed by atoms with Crippen molar-refractivity contribution in [1.29, 1.82) is 0 Å². The molecule has 4 atom stereocenters. The number of esters is 4. The van der Waals surface area contributed by atoms with Gasteiger partial charge in [0.05, 0.1) is 26.4 Å². The number of rotatable bonds is 14. The molecular formula is C34H42O10. The second-order valence-corrected chi connectivity index (χ2v) is 11.4. The Morgan fingerprint density at radius 1 is 0.523 bits per heavy atom. The van der Waals surface area contributed by atoms with Crippen LogP contribution in [0.15, 0.2) is 48.5 Å². The van der Waals surface area contributed by atoms with Gasteiger partial charge < -0.3 is 28.4 Å². The lowest BCUT2D eigenvalue weighted by Gasteiger charge is -2.41. The minimum absolute atomic E-state index is 0.148. The molecule has 0 aromatic heterocycles. The van der Waals surface area contributed by atoms with E-state index in [9.17, 15) is 19.2 Å². The molecular weight excluding hydrogens is 568 g/mol. The van der Waals surface area contributed by atoms with Crippen molar-refractivity contribution in [1.82, 2.24) is 0 Å². The van der Waals surface area contributed by atoms with Crippen LogP contribution in [-0.4, -0.2) is 50.3 Å². The third kappa shape index (κ3) is 10.6. The van der Waals surface area contributed by atoms with Crippen molar-refractivity contribution >= 4 is 23.9 Å². The smallest absolute Gasteiger partial charge is 0.311 e. The standard InChI is InChI=1S/C34H42O10/c1-39-31(35)5-3-7-33(37)43-27-17-13-25(14-18-27)41-29-11-9-24-22-30(12-10-23(24)21-29)42-26-15-19-28(20-16-26)44-34(38)8-4-6-32(36)40-2/h13-20,23-24,29-30H,3-12,21-22H2,1-2H3. The molecule has 10 heteroatoms. The summed E-state index contributed by atoms with van der Waals surface area (Å²) in [6.45, 7) is 0. The lowest BCUT2D eigenvalue weighted by molar-refractivity contribution is -0.142. The van der Waals surface area contributed by atoms with Crippen LogP contribution in [0.3, 0.4) is 0 Å². The maximum atomic E-state index is 12.0. The Kier molecular flexibility index (Phi) is 12.4. The molecule has 10 nitrogen and oxygen atoms in total. The van der Waals surface area contributed by atoms with Crippen LogP contribution in [0, 0.1) is 11.8 Å². The first-order chi connectivity index (χ1) is 21.3. The molecule has 0 spiro atoms. The highest BCUT2D eigenvalue weighted by atomic mass is 16.5. The predicted molar refractivity (Wildman–Crippen MR) is 159 cm³/mol. The first kappa shape index (κ1) is 32.8. The van der Waals surface area contributed by atoms with Crippen molar-refractivity contribution in [3.8, 4) is 23.0 Å². The van der Waals surface area contributed by atoms with Gasteiger partial charge in [0.15, 0.2) is 0 Å². The van der Waals surface area contributed by atoms with Crippen molar-refractivity contribution in [2.45, 2.75) is 89.3 Å². The summed E-state index contributed by atoms with van der Waals surface area (Å²) in [5.41, 5.74) is 0. The van der Waals surface area contributed by atoms with E-state index in [0.717, 1.165) is 50.0 Å². The quantitative estimate of drug-likeness (QED) is 0.186. The number of carbonyl (C=O) groups is 4. The molecule has 0 radical (unpaired) electrons. The summed E-state index contributed by atoms with van der Waals surface area (Å²) in [5.74, 6) is 2.15. The second-order valence-electron chi connectivity index (χ2n) is 11.4. The third-order valence-corrected chi connectivity index (χ3v) is 8.21. The van der Waals surface area contributed by atoms with Gasteiger partial charge in [0.1, 0.15) is 23.0 Å². The van der Waals surface area contributed by atoms with E-state index in [1.165, 1.54) is 14.2 Å². The third-order valence-electron chi connectivity index (χ3n) is 8.21. The van der Waals surface area contributed by atoms with Crippen LogP contribution in [0.25, 0.3) is 0 Å². The Hall–Kier alpha value is -4.08. The number of hydrogen-bond acceptors (Lipinski definition) is 10. The molecule has 0 heterocycles. The number of fused-ring (bicyclic) bond motifs is 1. The monoisotopic (exact) mass is 610 g/mol. The highest BCUT2D eigenvalue weighted by Crippen LogP contribution is 2.42. The molecule has 4 unspecified atom stereocenters. The van der Waals surface area contributed by atoms with E-state index >= 15 is 0 Å². The largest absolute Gasteiger partial charge is 0.490 e. The summed E-state index contributed by atoms with van der Waals surface area (Å²) < 4.78 is 32.4. The molecule has 2 aromatic carbocycles. The fourth-order valence-corrected chi connectivity index (χ4v) is 5.90. The van der Waals surface area contributed by atoms with Crippen molar-refractivity contribution in [3.05, 3.63) is 48.5 Å². The molecule has 0 amide bonds. The number of methoxy groups -OCH3 is 2. The van der Waals surface area contributed by atoms with Crippen molar-refractivity contribution in [3.63, 3.8) is 0 Å². The average Bonchev–Trinajstić information content (AvgIpc) is 3.02. The summed E-state index contributed by atoms with van der Waals surface area (Å²) in [6.07, 6.45) is 7.88. The highest BCUT2D eigenvalue weighted by Gasteiger charge is 2.37. The summed E-state index contributed by atoms with van der Waals surface area (Å²) in [4.78, 5) is 46.3. The summed E-state index contributed by atoms with van der Waals surface area (Å²) in [5, 5.41) is 0. The van der Waals surface area contributed by atoms with Gasteiger partial charge >= 0.3 is 23.9 Å². The normalized spacial score (nSPS) is 20.9. The van der Waals surface area contributed by atoms with Crippen LogP contribution in [0.5, 0.6) is 23.0 Å². The lowest BCUT2D eigenvalue weighted by atomic mass is 9.69. The number of benzene rings is 2. The molecule has 4 rings (SSSR count). The molecule has 2 aliphatic carbocycles. The highest BCUT2D eigenvalue weighted by molar-refractivity contribution is 5.75. The van der Waals surface area contributed by atoms with E-state index in [0.29, 0.717) is 36.2 Å². The lowest BCUT2D eigenvalue weighted by Crippen LogP contribution is -2.38.